The minimum absolute atomic E-state index is 0.0395. The lowest BCUT2D eigenvalue weighted by Crippen LogP contribution is -2.63. The number of rotatable bonds is 1. The molecule has 2 aliphatic rings. The van der Waals surface area contributed by atoms with Crippen molar-refractivity contribution in [2.75, 3.05) is 19.6 Å². The average molecular weight is 262 g/mol. The lowest BCUT2D eigenvalue weighted by molar-refractivity contribution is 0.0213. The summed E-state index contributed by atoms with van der Waals surface area (Å²) in [4.78, 5) is 14.9. The van der Waals surface area contributed by atoms with Gasteiger partial charge in [0.25, 0.3) is 5.91 Å². The second kappa shape index (κ2) is 4.96. The van der Waals surface area contributed by atoms with Crippen LogP contribution in [0.15, 0.2) is 12.3 Å². The molecule has 1 N–H and O–H groups in total. The second-order valence-corrected chi connectivity index (χ2v) is 5.76. The third-order valence-electron chi connectivity index (χ3n) is 4.61. The van der Waals surface area contributed by atoms with Crippen LogP contribution in [0.2, 0.25) is 0 Å². The van der Waals surface area contributed by atoms with Crippen molar-refractivity contribution in [2.45, 2.75) is 37.6 Å². The van der Waals surface area contributed by atoms with Gasteiger partial charge in [0, 0.05) is 32.9 Å². The Morgan fingerprint density at radius 3 is 2.84 bits per heavy atom. The summed E-state index contributed by atoms with van der Waals surface area (Å²) in [7, 11) is 1.84. The summed E-state index contributed by atoms with van der Waals surface area (Å²) >= 11 is 0. The second-order valence-electron chi connectivity index (χ2n) is 5.76. The van der Waals surface area contributed by atoms with Crippen molar-refractivity contribution in [1.29, 1.82) is 0 Å². The molecule has 1 saturated carbocycles. The van der Waals surface area contributed by atoms with Crippen LogP contribution in [0.3, 0.4) is 0 Å². The van der Waals surface area contributed by atoms with Crippen LogP contribution in [0.25, 0.3) is 0 Å². The van der Waals surface area contributed by atoms with Gasteiger partial charge in [-0.15, -0.1) is 0 Å². The average Bonchev–Trinajstić information content (AvgIpc) is 2.86. The molecule has 1 saturated heterocycles. The van der Waals surface area contributed by atoms with Gasteiger partial charge in [-0.1, -0.05) is 19.3 Å². The van der Waals surface area contributed by atoms with Gasteiger partial charge < -0.3 is 10.2 Å². The first-order valence-corrected chi connectivity index (χ1v) is 7.24. The van der Waals surface area contributed by atoms with Gasteiger partial charge >= 0.3 is 0 Å². The largest absolute Gasteiger partial charge is 0.329 e. The minimum Gasteiger partial charge on any atom is -0.329 e. The van der Waals surface area contributed by atoms with Crippen molar-refractivity contribution < 1.29 is 4.79 Å². The van der Waals surface area contributed by atoms with Crippen molar-refractivity contribution in [3.63, 3.8) is 0 Å². The van der Waals surface area contributed by atoms with Crippen LogP contribution in [0.1, 0.15) is 42.6 Å². The Labute approximate surface area is 114 Å². The van der Waals surface area contributed by atoms with Crippen LogP contribution >= 0.6 is 0 Å². The number of piperazine rings is 1. The third-order valence-corrected chi connectivity index (χ3v) is 4.61. The van der Waals surface area contributed by atoms with Gasteiger partial charge in [0.1, 0.15) is 5.69 Å². The SMILES string of the molecule is Cn1nccc1C(=O)N1CCNCC12CCCCC2. The quantitative estimate of drug-likeness (QED) is 0.826. The van der Waals surface area contributed by atoms with Gasteiger partial charge in [-0.25, -0.2) is 0 Å². The highest BCUT2D eigenvalue weighted by Crippen LogP contribution is 2.35. The molecule has 3 rings (SSSR count). The molecule has 0 atom stereocenters. The van der Waals surface area contributed by atoms with Crippen LogP contribution < -0.4 is 5.32 Å². The standard InChI is InChI=1S/C14H22N4O/c1-17-12(5-8-16-17)13(19)18-10-9-15-11-14(18)6-3-2-4-7-14/h5,8,15H,2-4,6-7,9-11H2,1H3. The Bertz CT molecular complexity index is 454. The van der Waals surface area contributed by atoms with Crippen LogP contribution in [-0.4, -0.2) is 45.8 Å². The molecule has 1 aliphatic heterocycles. The number of nitrogens with one attached hydrogen (secondary N) is 1. The molecule has 104 valence electrons. The van der Waals surface area contributed by atoms with Gasteiger partial charge in [-0.05, 0) is 18.9 Å². The maximum atomic E-state index is 12.8. The maximum absolute atomic E-state index is 12.8. The number of amides is 1. The first-order chi connectivity index (χ1) is 9.23. The van der Waals surface area contributed by atoms with Gasteiger partial charge in [0.05, 0.1) is 5.54 Å². The Morgan fingerprint density at radius 2 is 2.16 bits per heavy atom. The molecule has 5 nitrogen and oxygen atoms in total. The minimum atomic E-state index is 0.0395. The van der Waals surface area contributed by atoms with E-state index in [1.165, 1.54) is 19.3 Å². The molecular formula is C14H22N4O. The van der Waals surface area contributed by atoms with E-state index in [9.17, 15) is 4.79 Å². The van der Waals surface area contributed by atoms with Gasteiger partial charge in [0.15, 0.2) is 0 Å². The van der Waals surface area contributed by atoms with Crippen LogP contribution in [0, 0.1) is 0 Å². The summed E-state index contributed by atoms with van der Waals surface area (Å²) in [6.45, 7) is 2.64. The Hall–Kier alpha value is -1.36. The molecule has 0 bridgehead atoms. The molecule has 2 heterocycles. The molecule has 1 aromatic heterocycles. The fourth-order valence-corrected chi connectivity index (χ4v) is 3.54. The molecule has 1 aromatic rings. The zero-order chi connectivity index (χ0) is 13.3. The number of carbonyl (C=O) groups is 1. The first-order valence-electron chi connectivity index (χ1n) is 7.24. The van der Waals surface area contributed by atoms with E-state index < -0.39 is 0 Å². The third kappa shape index (κ3) is 2.16. The Balaban J connectivity index is 1.88. The molecule has 0 unspecified atom stereocenters. The predicted octanol–water partition coefficient (Wildman–Crippen LogP) is 1.17. The Kier molecular flexibility index (Phi) is 3.31. The highest BCUT2D eigenvalue weighted by Gasteiger charge is 2.42. The van der Waals surface area contributed by atoms with E-state index in [1.807, 2.05) is 13.1 Å². The summed E-state index contributed by atoms with van der Waals surface area (Å²) in [5.74, 6) is 0.142. The van der Waals surface area contributed by atoms with E-state index in [-0.39, 0.29) is 11.4 Å². The number of hydrogen-bond donors (Lipinski definition) is 1. The summed E-state index contributed by atoms with van der Waals surface area (Å²) in [5.41, 5.74) is 0.740. The molecule has 5 heteroatoms. The van der Waals surface area contributed by atoms with E-state index in [4.69, 9.17) is 0 Å². The number of nitrogens with zero attached hydrogens (tertiary/aromatic N) is 3. The van der Waals surface area contributed by atoms with E-state index in [0.29, 0.717) is 5.69 Å². The smallest absolute Gasteiger partial charge is 0.272 e. The van der Waals surface area contributed by atoms with Gasteiger partial charge in [0.2, 0.25) is 0 Å². The molecule has 2 fully saturated rings. The zero-order valence-corrected chi connectivity index (χ0v) is 11.6. The molecule has 19 heavy (non-hydrogen) atoms. The predicted molar refractivity (Wildman–Crippen MR) is 72.9 cm³/mol. The van der Waals surface area contributed by atoms with Crippen molar-refractivity contribution >= 4 is 5.91 Å². The molecule has 1 amide bonds. The number of carbonyl (C=O) groups excluding carboxylic acids is 1. The highest BCUT2D eigenvalue weighted by atomic mass is 16.2. The molecule has 0 aromatic carbocycles. The van der Waals surface area contributed by atoms with E-state index in [2.05, 4.69) is 15.3 Å². The topological polar surface area (TPSA) is 50.2 Å². The molecular weight excluding hydrogens is 240 g/mol. The van der Waals surface area contributed by atoms with Gasteiger partial charge in [-0.2, -0.15) is 5.10 Å². The first kappa shape index (κ1) is 12.7. The molecule has 0 radical (unpaired) electrons. The summed E-state index contributed by atoms with van der Waals surface area (Å²) < 4.78 is 1.68. The van der Waals surface area contributed by atoms with Crippen molar-refractivity contribution in [1.82, 2.24) is 20.0 Å². The van der Waals surface area contributed by atoms with Crippen LogP contribution in [0.5, 0.6) is 0 Å². The fraction of sp³-hybridized carbons (Fsp3) is 0.714. The number of aromatic nitrogens is 2. The van der Waals surface area contributed by atoms with Crippen molar-refractivity contribution in [3.8, 4) is 0 Å². The lowest BCUT2D eigenvalue weighted by atomic mass is 9.79. The highest BCUT2D eigenvalue weighted by molar-refractivity contribution is 5.93. The van der Waals surface area contributed by atoms with Crippen LogP contribution in [0.4, 0.5) is 0 Å². The Morgan fingerprint density at radius 1 is 1.37 bits per heavy atom. The van der Waals surface area contributed by atoms with Crippen LogP contribution in [-0.2, 0) is 7.05 Å². The number of hydrogen-bond acceptors (Lipinski definition) is 3. The molecule has 1 spiro atoms. The van der Waals surface area contributed by atoms with E-state index in [0.717, 1.165) is 32.5 Å². The lowest BCUT2D eigenvalue weighted by Gasteiger charge is -2.49. The van der Waals surface area contributed by atoms with E-state index in [1.54, 1.807) is 10.9 Å². The normalized spacial score (nSPS) is 22.7. The summed E-state index contributed by atoms with van der Waals surface area (Å²) in [6, 6.07) is 1.82. The van der Waals surface area contributed by atoms with E-state index >= 15 is 0 Å². The molecule has 1 aliphatic carbocycles. The summed E-state index contributed by atoms with van der Waals surface area (Å²) in [5, 5.41) is 7.59. The zero-order valence-electron chi connectivity index (χ0n) is 11.6. The maximum Gasteiger partial charge on any atom is 0.272 e. The monoisotopic (exact) mass is 262 g/mol. The van der Waals surface area contributed by atoms with Crippen molar-refractivity contribution in [3.05, 3.63) is 18.0 Å². The number of aryl methyl sites for hydroxylation is 1. The fourth-order valence-electron chi connectivity index (χ4n) is 3.54. The summed E-state index contributed by atoms with van der Waals surface area (Å²) in [6.07, 6.45) is 7.72. The van der Waals surface area contributed by atoms with Gasteiger partial charge in [-0.3, -0.25) is 9.48 Å². The van der Waals surface area contributed by atoms with Crippen molar-refractivity contribution in [2.24, 2.45) is 7.05 Å².